The molecular formula is C12H9ClN4. The van der Waals surface area contributed by atoms with Gasteiger partial charge in [0.15, 0.2) is 5.15 Å². The van der Waals surface area contributed by atoms with Gasteiger partial charge in [-0.05, 0) is 6.92 Å². The highest BCUT2D eigenvalue weighted by Gasteiger charge is 2.13. The number of aromatic nitrogens is 4. The van der Waals surface area contributed by atoms with Crippen LogP contribution in [0, 0.1) is 6.92 Å². The molecule has 0 bridgehead atoms. The number of hydrogen-bond donors (Lipinski definition) is 1. The van der Waals surface area contributed by atoms with E-state index in [-0.39, 0.29) is 0 Å². The normalized spacial score (nSPS) is 10.9. The maximum atomic E-state index is 6.04. The highest BCUT2D eigenvalue weighted by Crippen LogP contribution is 2.27. The fourth-order valence-corrected chi connectivity index (χ4v) is 2.02. The van der Waals surface area contributed by atoms with Gasteiger partial charge in [0.05, 0.1) is 0 Å². The molecule has 0 aliphatic rings. The summed E-state index contributed by atoms with van der Waals surface area (Å²) >= 11 is 6.04. The predicted molar refractivity (Wildman–Crippen MR) is 66.9 cm³/mol. The van der Waals surface area contributed by atoms with Crippen molar-refractivity contribution in [3.63, 3.8) is 0 Å². The number of hydrogen-bond acceptors (Lipinski definition) is 3. The van der Waals surface area contributed by atoms with Gasteiger partial charge < -0.3 is 0 Å². The average Bonchev–Trinajstić information content (AvgIpc) is 2.74. The van der Waals surface area contributed by atoms with E-state index in [0.29, 0.717) is 16.5 Å². The number of H-pyrrole nitrogens is 1. The average molecular weight is 245 g/mol. The molecule has 0 unspecified atom stereocenters. The Morgan fingerprint density at radius 2 is 1.88 bits per heavy atom. The summed E-state index contributed by atoms with van der Waals surface area (Å²) in [6.07, 6.45) is 0. The summed E-state index contributed by atoms with van der Waals surface area (Å²) in [4.78, 5) is 8.48. The van der Waals surface area contributed by atoms with E-state index in [0.717, 1.165) is 16.8 Å². The quantitative estimate of drug-likeness (QED) is 0.670. The van der Waals surface area contributed by atoms with E-state index < -0.39 is 0 Å². The molecule has 0 atom stereocenters. The Morgan fingerprint density at radius 1 is 1.12 bits per heavy atom. The van der Waals surface area contributed by atoms with E-state index in [9.17, 15) is 0 Å². The second-order valence-corrected chi connectivity index (χ2v) is 4.08. The molecule has 0 amide bonds. The van der Waals surface area contributed by atoms with Crippen molar-refractivity contribution in [2.24, 2.45) is 0 Å². The molecule has 0 saturated heterocycles. The Kier molecular flexibility index (Phi) is 2.30. The maximum absolute atomic E-state index is 6.04. The lowest BCUT2D eigenvalue weighted by Gasteiger charge is -1.98. The smallest absolute Gasteiger partial charge is 0.158 e. The van der Waals surface area contributed by atoms with Crippen LogP contribution in [0.1, 0.15) is 5.82 Å². The third-order valence-corrected chi connectivity index (χ3v) is 2.80. The first-order valence-electron chi connectivity index (χ1n) is 5.19. The van der Waals surface area contributed by atoms with Gasteiger partial charge in [-0.3, -0.25) is 5.10 Å². The van der Waals surface area contributed by atoms with Crippen LogP contribution in [0.5, 0.6) is 0 Å². The van der Waals surface area contributed by atoms with Gasteiger partial charge in [0.1, 0.15) is 22.6 Å². The molecule has 2 aromatic heterocycles. The minimum absolute atomic E-state index is 0.405. The first kappa shape index (κ1) is 10.2. The molecular weight excluding hydrogens is 236 g/mol. The summed E-state index contributed by atoms with van der Waals surface area (Å²) in [6, 6.07) is 9.87. The molecule has 2 heterocycles. The second-order valence-electron chi connectivity index (χ2n) is 3.72. The van der Waals surface area contributed by atoms with Crippen molar-refractivity contribution in [2.45, 2.75) is 6.92 Å². The number of aryl methyl sites for hydroxylation is 1. The molecule has 84 valence electrons. The van der Waals surface area contributed by atoms with Gasteiger partial charge in [0.25, 0.3) is 0 Å². The zero-order valence-corrected chi connectivity index (χ0v) is 9.86. The van der Waals surface area contributed by atoms with E-state index in [2.05, 4.69) is 20.2 Å². The molecule has 4 nitrogen and oxygen atoms in total. The van der Waals surface area contributed by atoms with Crippen LogP contribution in [0.3, 0.4) is 0 Å². The zero-order valence-electron chi connectivity index (χ0n) is 9.11. The summed E-state index contributed by atoms with van der Waals surface area (Å²) in [5, 5.41) is 7.54. The number of halogens is 1. The van der Waals surface area contributed by atoms with Crippen molar-refractivity contribution < 1.29 is 0 Å². The molecule has 0 fully saturated rings. The van der Waals surface area contributed by atoms with Crippen LogP contribution in [0.2, 0.25) is 5.15 Å². The van der Waals surface area contributed by atoms with Crippen molar-refractivity contribution in [3.8, 4) is 11.3 Å². The summed E-state index contributed by atoms with van der Waals surface area (Å²) in [7, 11) is 0. The van der Waals surface area contributed by atoms with Crippen LogP contribution in [0.25, 0.3) is 22.3 Å². The number of nitrogens with one attached hydrogen (secondary N) is 1. The summed E-state index contributed by atoms with van der Waals surface area (Å²) in [5.41, 5.74) is 3.24. The highest BCUT2D eigenvalue weighted by molar-refractivity contribution is 6.33. The standard InChI is InChI=1S/C12H9ClN4/c1-7-14-10-9(8-5-3-2-4-6-8)16-17-11(10)12(13)15-7/h2-6H,1H3,(H,16,17). The molecule has 0 saturated carbocycles. The second kappa shape index (κ2) is 3.82. The Balaban J connectivity index is 2.32. The number of benzene rings is 1. The van der Waals surface area contributed by atoms with Crippen molar-refractivity contribution >= 4 is 22.6 Å². The first-order chi connectivity index (χ1) is 8.25. The van der Waals surface area contributed by atoms with Gasteiger partial charge in [0, 0.05) is 5.56 Å². The van der Waals surface area contributed by atoms with Crippen molar-refractivity contribution in [1.82, 2.24) is 20.2 Å². The molecule has 1 aromatic carbocycles. The summed E-state index contributed by atoms with van der Waals surface area (Å²) in [5.74, 6) is 0.640. The monoisotopic (exact) mass is 244 g/mol. The van der Waals surface area contributed by atoms with E-state index in [4.69, 9.17) is 11.6 Å². The molecule has 0 radical (unpaired) electrons. The molecule has 17 heavy (non-hydrogen) atoms. The van der Waals surface area contributed by atoms with Gasteiger partial charge in [-0.1, -0.05) is 41.9 Å². The summed E-state index contributed by atoms with van der Waals surface area (Å²) in [6.45, 7) is 1.81. The number of nitrogens with zero attached hydrogens (tertiary/aromatic N) is 3. The van der Waals surface area contributed by atoms with Gasteiger partial charge in [-0.15, -0.1) is 0 Å². The van der Waals surface area contributed by atoms with Crippen LogP contribution >= 0.6 is 11.6 Å². The van der Waals surface area contributed by atoms with Gasteiger partial charge in [-0.25, -0.2) is 9.97 Å². The van der Waals surface area contributed by atoms with Crippen molar-refractivity contribution in [1.29, 1.82) is 0 Å². The van der Waals surface area contributed by atoms with Gasteiger partial charge in [-0.2, -0.15) is 5.10 Å². The van der Waals surface area contributed by atoms with Crippen LogP contribution < -0.4 is 0 Å². The van der Waals surface area contributed by atoms with Crippen LogP contribution in [0.15, 0.2) is 30.3 Å². The lowest BCUT2D eigenvalue weighted by Crippen LogP contribution is -1.89. The first-order valence-corrected chi connectivity index (χ1v) is 5.57. The molecule has 3 rings (SSSR count). The Hall–Kier alpha value is -1.94. The van der Waals surface area contributed by atoms with Crippen LogP contribution in [-0.4, -0.2) is 20.2 Å². The molecule has 0 aliphatic heterocycles. The molecule has 3 aromatic rings. The van der Waals surface area contributed by atoms with E-state index in [1.165, 1.54) is 0 Å². The minimum Gasteiger partial charge on any atom is -0.272 e. The van der Waals surface area contributed by atoms with Gasteiger partial charge in [0.2, 0.25) is 0 Å². The Labute approximate surface area is 103 Å². The fraction of sp³-hybridized carbons (Fsp3) is 0.0833. The minimum atomic E-state index is 0.405. The Morgan fingerprint density at radius 3 is 2.65 bits per heavy atom. The number of rotatable bonds is 1. The molecule has 0 aliphatic carbocycles. The van der Waals surface area contributed by atoms with Gasteiger partial charge >= 0.3 is 0 Å². The van der Waals surface area contributed by atoms with Crippen molar-refractivity contribution in [2.75, 3.05) is 0 Å². The van der Waals surface area contributed by atoms with Crippen molar-refractivity contribution in [3.05, 3.63) is 41.3 Å². The maximum Gasteiger partial charge on any atom is 0.158 e. The van der Waals surface area contributed by atoms with Crippen LogP contribution in [-0.2, 0) is 0 Å². The Bertz CT molecular complexity index is 676. The fourth-order valence-electron chi connectivity index (χ4n) is 1.77. The largest absolute Gasteiger partial charge is 0.272 e. The lowest BCUT2D eigenvalue weighted by atomic mass is 10.1. The zero-order chi connectivity index (χ0) is 11.8. The number of fused-ring (bicyclic) bond motifs is 1. The molecule has 5 heteroatoms. The van der Waals surface area contributed by atoms with E-state index >= 15 is 0 Å². The molecule has 1 N–H and O–H groups in total. The lowest BCUT2D eigenvalue weighted by molar-refractivity contribution is 1.08. The SMILES string of the molecule is Cc1nc(Cl)c2[nH]nc(-c3ccccc3)c2n1. The summed E-state index contributed by atoms with van der Waals surface area (Å²) < 4.78 is 0. The topological polar surface area (TPSA) is 54.5 Å². The third kappa shape index (κ3) is 1.66. The molecule has 0 spiro atoms. The number of aromatic amines is 1. The highest BCUT2D eigenvalue weighted by atomic mass is 35.5. The third-order valence-electron chi connectivity index (χ3n) is 2.53. The van der Waals surface area contributed by atoms with E-state index in [1.807, 2.05) is 37.3 Å². The predicted octanol–water partition coefficient (Wildman–Crippen LogP) is 2.98. The van der Waals surface area contributed by atoms with E-state index in [1.54, 1.807) is 0 Å². The van der Waals surface area contributed by atoms with Crippen LogP contribution in [0.4, 0.5) is 0 Å².